The molecular weight excluding hydrogens is 352 g/mol. The van der Waals surface area contributed by atoms with Crippen molar-refractivity contribution < 1.29 is 18.8 Å². The highest BCUT2D eigenvalue weighted by molar-refractivity contribution is 5.76. The molecule has 0 spiro atoms. The second-order valence-electron chi connectivity index (χ2n) is 6.48. The van der Waals surface area contributed by atoms with Crippen molar-refractivity contribution in [3.63, 3.8) is 0 Å². The SMILES string of the molecule is COCCc1noc([C@H]2CCCN(C(=O)Cn3cccc(OC)c3=O)C2)n1. The first-order valence-electron chi connectivity index (χ1n) is 8.95. The molecule has 146 valence electrons. The molecule has 0 N–H and O–H groups in total. The van der Waals surface area contributed by atoms with Crippen molar-refractivity contribution in [3.8, 4) is 5.75 Å². The molecule has 0 bridgehead atoms. The van der Waals surface area contributed by atoms with Crippen molar-refractivity contribution in [2.24, 2.45) is 0 Å². The molecule has 3 heterocycles. The molecule has 0 aliphatic carbocycles. The zero-order valence-electron chi connectivity index (χ0n) is 15.6. The number of carbonyl (C=O) groups is 1. The van der Waals surface area contributed by atoms with Crippen LogP contribution >= 0.6 is 0 Å². The van der Waals surface area contributed by atoms with Crippen LogP contribution in [0.15, 0.2) is 27.6 Å². The van der Waals surface area contributed by atoms with E-state index in [0.717, 1.165) is 12.8 Å². The standard InChI is InChI=1S/C18H24N4O5/c1-25-10-7-15-19-17(27-20-15)13-5-3-8-21(11-13)16(23)12-22-9-4-6-14(26-2)18(22)24/h4,6,9,13H,3,5,7-8,10-12H2,1-2H3/t13-/m0/s1. The Bertz CT molecular complexity index is 831. The highest BCUT2D eigenvalue weighted by Crippen LogP contribution is 2.26. The molecule has 1 amide bonds. The molecule has 2 aromatic heterocycles. The number of carbonyl (C=O) groups excluding carboxylic acids is 1. The van der Waals surface area contributed by atoms with Crippen LogP contribution in [-0.2, 0) is 22.5 Å². The molecule has 0 saturated carbocycles. The van der Waals surface area contributed by atoms with Crippen LogP contribution < -0.4 is 10.3 Å². The van der Waals surface area contributed by atoms with E-state index >= 15 is 0 Å². The number of nitrogens with zero attached hydrogens (tertiary/aromatic N) is 4. The summed E-state index contributed by atoms with van der Waals surface area (Å²) in [5, 5.41) is 3.97. The zero-order valence-corrected chi connectivity index (χ0v) is 15.6. The van der Waals surface area contributed by atoms with Gasteiger partial charge in [-0.05, 0) is 25.0 Å². The zero-order chi connectivity index (χ0) is 19.2. The summed E-state index contributed by atoms with van der Waals surface area (Å²) in [5.74, 6) is 1.27. The van der Waals surface area contributed by atoms with Crippen molar-refractivity contribution >= 4 is 5.91 Å². The summed E-state index contributed by atoms with van der Waals surface area (Å²) in [7, 11) is 3.06. The van der Waals surface area contributed by atoms with Crippen molar-refractivity contribution in [3.05, 3.63) is 40.4 Å². The fourth-order valence-electron chi connectivity index (χ4n) is 3.17. The number of rotatable bonds is 7. The van der Waals surface area contributed by atoms with Gasteiger partial charge >= 0.3 is 0 Å². The van der Waals surface area contributed by atoms with Gasteiger partial charge in [0.25, 0.3) is 5.56 Å². The molecule has 3 rings (SSSR count). The normalized spacial score (nSPS) is 17.1. The van der Waals surface area contributed by atoms with E-state index in [0.29, 0.717) is 37.8 Å². The van der Waals surface area contributed by atoms with Crippen LogP contribution in [0, 0.1) is 0 Å². The van der Waals surface area contributed by atoms with E-state index in [1.54, 1.807) is 30.3 Å². The van der Waals surface area contributed by atoms with Crippen LogP contribution in [-0.4, -0.2) is 59.4 Å². The predicted octanol–water partition coefficient (Wildman–Crippen LogP) is 0.835. The van der Waals surface area contributed by atoms with Crippen molar-refractivity contribution in [2.45, 2.75) is 31.7 Å². The Hall–Kier alpha value is -2.68. The molecule has 0 unspecified atom stereocenters. The molecule has 0 radical (unpaired) electrons. The third kappa shape index (κ3) is 4.54. The fourth-order valence-corrected chi connectivity index (χ4v) is 3.17. The molecule has 27 heavy (non-hydrogen) atoms. The molecule has 2 aromatic rings. The number of hydrogen-bond acceptors (Lipinski definition) is 7. The van der Waals surface area contributed by atoms with E-state index in [2.05, 4.69) is 10.1 Å². The lowest BCUT2D eigenvalue weighted by atomic mass is 9.98. The van der Waals surface area contributed by atoms with Gasteiger partial charge in [-0.1, -0.05) is 5.16 Å². The van der Waals surface area contributed by atoms with Crippen LogP contribution in [0.5, 0.6) is 5.75 Å². The first-order valence-corrected chi connectivity index (χ1v) is 8.95. The second kappa shape index (κ2) is 8.81. The maximum atomic E-state index is 12.7. The smallest absolute Gasteiger partial charge is 0.293 e. The van der Waals surface area contributed by atoms with Crippen molar-refractivity contribution in [1.82, 2.24) is 19.6 Å². The monoisotopic (exact) mass is 376 g/mol. The van der Waals surface area contributed by atoms with Gasteiger partial charge in [0.05, 0.1) is 19.6 Å². The Morgan fingerprint density at radius 1 is 1.41 bits per heavy atom. The van der Waals surface area contributed by atoms with Gasteiger partial charge in [-0.15, -0.1) is 0 Å². The first-order chi connectivity index (χ1) is 13.1. The van der Waals surface area contributed by atoms with Crippen molar-refractivity contribution in [2.75, 3.05) is 33.9 Å². The average Bonchev–Trinajstić information content (AvgIpc) is 3.17. The number of ether oxygens (including phenoxy) is 2. The van der Waals surface area contributed by atoms with Gasteiger partial charge < -0.3 is 23.5 Å². The van der Waals surface area contributed by atoms with E-state index in [1.807, 2.05) is 0 Å². The Balaban J connectivity index is 1.64. The Labute approximate surface area is 156 Å². The quantitative estimate of drug-likeness (QED) is 0.706. The van der Waals surface area contributed by atoms with Gasteiger partial charge in [0.2, 0.25) is 11.8 Å². The molecule has 1 atom stereocenters. The number of pyridine rings is 1. The summed E-state index contributed by atoms with van der Waals surface area (Å²) in [6, 6.07) is 3.27. The van der Waals surface area contributed by atoms with E-state index in [4.69, 9.17) is 14.0 Å². The first kappa shape index (κ1) is 19.1. The Morgan fingerprint density at radius 2 is 2.26 bits per heavy atom. The topological polar surface area (TPSA) is 99.7 Å². The summed E-state index contributed by atoms with van der Waals surface area (Å²) >= 11 is 0. The van der Waals surface area contributed by atoms with E-state index < -0.39 is 0 Å². The molecule has 9 heteroatoms. The van der Waals surface area contributed by atoms with E-state index in [1.165, 1.54) is 11.7 Å². The molecule has 1 fully saturated rings. The van der Waals surface area contributed by atoms with Crippen LogP contribution in [0.4, 0.5) is 0 Å². The van der Waals surface area contributed by atoms with Gasteiger partial charge in [0.15, 0.2) is 11.6 Å². The minimum atomic E-state index is -0.318. The van der Waals surface area contributed by atoms with Gasteiger partial charge in [-0.25, -0.2) is 0 Å². The van der Waals surface area contributed by atoms with E-state index in [-0.39, 0.29) is 29.7 Å². The lowest BCUT2D eigenvalue weighted by molar-refractivity contribution is -0.133. The van der Waals surface area contributed by atoms with Gasteiger partial charge in [-0.2, -0.15) is 4.98 Å². The highest BCUT2D eigenvalue weighted by Gasteiger charge is 2.28. The average molecular weight is 376 g/mol. The summed E-state index contributed by atoms with van der Waals surface area (Å²) < 4.78 is 16.8. The van der Waals surface area contributed by atoms with Gasteiger partial charge in [-0.3, -0.25) is 9.59 Å². The molecule has 9 nitrogen and oxygen atoms in total. The van der Waals surface area contributed by atoms with Crippen LogP contribution in [0.1, 0.15) is 30.5 Å². The number of aromatic nitrogens is 3. The van der Waals surface area contributed by atoms with E-state index in [9.17, 15) is 9.59 Å². The number of methoxy groups -OCH3 is 2. The van der Waals surface area contributed by atoms with Gasteiger partial charge in [0.1, 0.15) is 6.54 Å². The molecule has 1 aliphatic heterocycles. The maximum Gasteiger partial charge on any atom is 0.293 e. The van der Waals surface area contributed by atoms with Crippen molar-refractivity contribution in [1.29, 1.82) is 0 Å². The minimum Gasteiger partial charge on any atom is -0.491 e. The second-order valence-corrected chi connectivity index (χ2v) is 6.48. The lowest BCUT2D eigenvalue weighted by Gasteiger charge is -2.31. The maximum absolute atomic E-state index is 12.7. The fraction of sp³-hybridized carbons (Fsp3) is 0.556. The lowest BCUT2D eigenvalue weighted by Crippen LogP contribution is -2.42. The van der Waals surface area contributed by atoms with Crippen LogP contribution in [0.25, 0.3) is 0 Å². The molecule has 1 saturated heterocycles. The Morgan fingerprint density at radius 3 is 3.04 bits per heavy atom. The highest BCUT2D eigenvalue weighted by atomic mass is 16.5. The molecule has 1 aliphatic rings. The molecule has 0 aromatic carbocycles. The summed E-state index contributed by atoms with van der Waals surface area (Å²) in [6.45, 7) is 1.66. The van der Waals surface area contributed by atoms with Gasteiger partial charge in [0, 0.05) is 32.8 Å². The largest absolute Gasteiger partial charge is 0.491 e. The summed E-state index contributed by atoms with van der Waals surface area (Å²) in [4.78, 5) is 31.1. The number of amides is 1. The minimum absolute atomic E-state index is 0.00789. The number of piperidine rings is 1. The third-order valence-electron chi connectivity index (χ3n) is 4.65. The van der Waals surface area contributed by atoms with Crippen LogP contribution in [0.2, 0.25) is 0 Å². The number of hydrogen-bond donors (Lipinski definition) is 0. The van der Waals surface area contributed by atoms with Crippen LogP contribution in [0.3, 0.4) is 0 Å². The summed E-state index contributed by atoms with van der Waals surface area (Å²) in [5.41, 5.74) is -0.318. The molecular formula is C18H24N4O5. The summed E-state index contributed by atoms with van der Waals surface area (Å²) in [6.07, 6.45) is 3.91. The number of likely N-dealkylation sites (tertiary alicyclic amines) is 1. The Kier molecular flexibility index (Phi) is 6.23. The third-order valence-corrected chi connectivity index (χ3v) is 4.65. The predicted molar refractivity (Wildman–Crippen MR) is 95.7 cm³/mol.